The number of amides is 1. The molecular formula is C18H19F4N3O2. The molecule has 1 aliphatic carbocycles. The minimum absolute atomic E-state index is 0.00241. The van der Waals surface area contributed by atoms with Crippen molar-refractivity contribution in [3.63, 3.8) is 0 Å². The van der Waals surface area contributed by atoms with Crippen molar-refractivity contribution in [1.29, 1.82) is 0 Å². The molecule has 9 heteroatoms. The highest BCUT2D eigenvalue weighted by Crippen LogP contribution is 2.29. The van der Waals surface area contributed by atoms with Crippen LogP contribution in [0.5, 0.6) is 5.75 Å². The van der Waals surface area contributed by atoms with Gasteiger partial charge in [0.15, 0.2) is 17.3 Å². The molecule has 0 bridgehead atoms. The Bertz CT molecular complexity index is 813. The second kappa shape index (κ2) is 7.58. The molecule has 1 unspecified atom stereocenters. The van der Waals surface area contributed by atoms with Crippen molar-refractivity contribution < 1.29 is 27.1 Å². The quantitative estimate of drug-likeness (QED) is 0.768. The van der Waals surface area contributed by atoms with Crippen LogP contribution in [0.15, 0.2) is 30.5 Å². The van der Waals surface area contributed by atoms with Crippen molar-refractivity contribution in [3.8, 4) is 5.75 Å². The summed E-state index contributed by atoms with van der Waals surface area (Å²) in [5.74, 6) is -1.10. The first kappa shape index (κ1) is 19.2. The summed E-state index contributed by atoms with van der Waals surface area (Å²) >= 11 is 0. The second-order valence-electron chi connectivity index (χ2n) is 6.51. The van der Waals surface area contributed by atoms with Gasteiger partial charge in [-0.05, 0) is 50.8 Å². The van der Waals surface area contributed by atoms with Gasteiger partial charge in [0.25, 0.3) is 0 Å². The molecule has 1 aromatic carbocycles. The van der Waals surface area contributed by atoms with Gasteiger partial charge in [0.1, 0.15) is 6.04 Å². The molecule has 0 aliphatic heterocycles. The lowest BCUT2D eigenvalue weighted by Crippen LogP contribution is -2.24. The number of ether oxygens (including phenoxy) is 1. The third-order valence-electron chi connectivity index (χ3n) is 4.47. The number of benzene rings is 1. The van der Waals surface area contributed by atoms with Crippen LogP contribution < -0.4 is 10.1 Å². The molecule has 1 atom stereocenters. The first-order chi connectivity index (χ1) is 12.7. The maximum atomic E-state index is 14.2. The van der Waals surface area contributed by atoms with Crippen LogP contribution in [-0.2, 0) is 11.0 Å². The fraction of sp³-hybridized carbons (Fsp3) is 0.444. The minimum atomic E-state index is -4.58. The molecule has 1 heterocycles. The number of nitrogens with one attached hydrogen (secondary N) is 1. The summed E-state index contributed by atoms with van der Waals surface area (Å²) in [4.78, 5) is 12.2. The number of nitrogens with zero attached hydrogens (tertiary/aromatic N) is 2. The maximum absolute atomic E-state index is 14.2. The molecule has 3 rings (SSSR count). The van der Waals surface area contributed by atoms with E-state index in [-0.39, 0.29) is 17.5 Å². The molecule has 0 spiro atoms. The molecule has 1 aliphatic rings. The summed E-state index contributed by atoms with van der Waals surface area (Å²) in [7, 11) is 0. The van der Waals surface area contributed by atoms with E-state index in [9.17, 15) is 22.4 Å². The lowest BCUT2D eigenvalue weighted by Gasteiger charge is -2.16. The van der Waals surface area contributed by atoms with E-state index in [1.54, 1.807) is 0 Å². The molecule has 1 N–H and O–H groups in total. The Kier molecular flexibility index (Phi) is 5.38. The van der Waals surface area contributed by atoms with Gasteiger partial charge in [0.05, 0.1) is 6.10 Å². The van der Waals surface area contributed by atoms with Crippen molar-refractivity contribution >= 4 is 11.6 Å². The van der Waals surface area contributed by atoms with Crippen LogP contribution in [0.1, 0.15) is 44.3 Å². The molecule has 1 saturated carbocycles. The van der Waals surface area contributed by atoms with Gasteiger partial charge in [-0.25, -0.2) is 4.39 Å². The Morgan fingerprint density at radius 2 is 2.00 bits per heavy atom. The Hall–Kier alpha value is -2.58. The number of hydrogen-bond acceptors (Lipinski definition) is 3. The standard InChI is InChI=1S/C18H19F4N3O2/c1-11(25-9-8-16(24-25)18(20,21)22)17(26)23-12-6-7-15(14(19)10-12)27-13-4-2-3-5-13/h6-11,13H,2-5H2,1H3,(H,23,26). The largest absolute Gasteiger partial charge is 0.487 e. The number of aromatic nitrogens is 2. The minimum Gasteiger partial charge on any atom is -0.487 e. The monoisotopic (exact) mass is 385 g/mol. The van der Waals surface area contributed by atoms with E-state index in [2.05, 4.69) is 10.4 Å². The average molecular weight is 385 g/mol. The zero-order valence-corrected chi connectivity index (χ0v) is 14.6. The van der Waals surface area contributed by atoms with Crippen molar-refractivity contribution in [2.45, 2.75) is 50.9 Å². The maximum Gasteiger partial charge on any atom is 0.435 e. The fourth-order valence-electron chi connectivity index (χ4n) is 2.93. The summed E-state index contributed by atoms with van der Waals surface area (Å²) < 4.78 is 58.5. The van der Waals surface area contributed by atoms with Crippen molar-refractivity contribution in [2.75, 3.05) is 5.32 Å². The molecule has 0 radical (unpaired) electrons. The highest BCUT2D eigenvalue weighted by atomic mass is 19.4. The zero-order chi connectivity index (χ0) is 19.6. The second-order valence-corrected chi connectivity index (χ2v) is 6.51. The van der Waals surface area contributed by atoms with Gasteiger partial charge in [0.2, 0.25) is 5.91 Å². The number of alkyl halides is 3. The van der Waals surface area contributed by atoms with E-state index >= 15 is 0 Å². The molecule has 2 aromatic rings. The third-order valence-corrected chi connectivity index (χ3v) is 4.47. The first-order valence-corrected chi connectivity index (χ1v) is 8.63. The van der Waals surface area contributed by atoms with Gasteiger partial charge in [-0.3, -0.25) is 9.48 Å². The number of halogens is 4. The molecule has 27 heavy (non-hydrogen) atoms. The molecule has 146 valence electrons. The van der Waals surface area contributed by atoms with Crippen LogP contribution in [-0.4, -0.2) is 21.8 Å². The van der Waals surface area contributed by atoms with E-state index < -0.39 is 29.6 Å². The first-order valence-electron chi connectivity index (χ1n) is 8.63. The van der Waals surface area contributed by atoms with Gasteiger partial charge in [0, 0.05) is 18.0 Å². The number of rotatable bonds is 5. The van der Waals surface area contributed by atoms with Gasteiger partial charge < -0.3 is 10.1 Å². The third kappa shape index (κ3) is 4.58. The summed E-state index contributed by atoms with van der Waals surface area (Å²) in [5.41, 5.74) is -0.895. The van der Waals surface area contributed by atoms with Crippen molar-refractivity contribution in [1.82, 2.24) is 9.78 Å². The van der Waals surface area contributed by atoms with Crippen LogP contribution in [0, 0.1) is 5.82 Å². The number of carbonyl (C=O) groups excluding carboxylic acids is 1. The molecule has 1 fully saturated rings. The summed E-state index contributed by atoms with van der Waals surface area (Å²) in [6.07, 6.45) is 0.385. The molecule has 1 amide bonds. The Balaban J connectivity index is 1.64. The Labute approximate surface area is 153 Å². The Morgan fingerprint density at radius 3 is 2.59 bits per heavy atom. The molecular weight excluding hydrogens is 366 g/mol. The van der Waals surface area contributed by atoms with E-state index in [1.165, 1.54) is 19.1 Å². The normalized spacial score (nSPS) is 16.3. The average Bonchev–Trinajstić information content (AvgIpc) is 3.27. The van der Waals surface area contributed by atoms with Gasteiger partial charge in [-0.15, -0.1) is 0 Å². The number of carbonyl (C=O) groups is 1. The van der Waals surface area contributed by atoms with E-state index in [4.69, 9.17) is 4.74 Å². The van der Waals surface area contributed by atoms with Crippen molar-refractivity contribution in [3.05, 3.63) is 42.0 Å². The topological polar surface area (TPSA) is 56.1 Å². The number of anilines is 1. The SMILES string of the molecule is CC(C(=O)Nc1ccc(OC2CCCC2)c(F)c1)n1ccc(C(F)(F)F)n1. The zero-order valence-electron chi connectivity index (χ0n) is 14.6. The van der Waals surface area contributed by atoms with Crippen LogP contribution in [0.4, 0.5) is 23.2 Å². The van der Waals surface area contributed by atoms with Crippen LogP contribution in [0.3, 0.4) is 0 Å². The Morgan fingerprint density at radius 1 is 1.30 bits per heavy atom. The summed E-state index contributed by atoms with van der Waals surface area (Å²) in [6.45, 7) is 1.40. The van der Waals surface area contributed by atoms with E-state index in [0.29, 0.717) is 0 Å². The molecule has 5 nitrogen and oxygen atoms in total. The molecule has 0 saturated heterocycles. The predicted octanol–water partition coefficient (Wildman–Crippen LogP) is 4.56. The van der Waals surface area contributed by atoms with Gasteiger partial charge in [-0.1, -0.05) is 0 Å². The van der Waals surface area contributed by atoms with Crippen LogP contribution in [0.2, 0.25) is 0 Å². The van der Waals surface area contributed by atoms with Crippen LogP contribution >= 0.6 is 0 Å². The van der Waals surface area contributed by atoms with Crippen molar-refractivity contribution in [2.24, 2.45) is 0 Å². The summed E-state index contributed by atoms with van der Waals surface area (Å²) in [6, 6.07) is 3.84. The lowest BCUT2D eigenvalue weighted by molar-refractivity contribution is -0.141. The highest BCUT2D eigenvalue weighted by Gasteiger charge is 2.34. The summed E-state index contributed by atoms with van der Waals surface area (Å²) in [5, 5.41) is 5.84. The predicted molar refractivity (Wildman–Crippen MR) is 89.9 cm³/mol. The van der Waals surface area contributed by atoms with Gasteiger partial charge >= 0.3 is 6.18 Å². The van der Waals surface area contributed by atoms with Crippen LogP contribution in [0.25, 0.3) is 0 Å². The van der Waals surface area contributed by atoms with E-state index in [0.717, 1.165) is 48.7 Å². The molecule has 1 aromatic heterocycles. The fourth-order valence-corrected chi connectivity index (χ4v) is 2.93. The highest BCUT2D eigenvalue weighted by molar-refractivity contribution is 5.93. The number of hydrogen-bond donors (Lipinski definition) is 1. The lowest BCUT2D eigenvalue weighted by atomic mass is 10.2. The van der Waals surface area contributed by atoms with E-state index in [1.807, 2.05) is 0 Å². The smallest absolute Gasteiger partial charge is 0.435 e. The van der Waals surface area contributed by atoms with Gasteiger partial charge in [-0.2, -0.15) is 18.3 Å².